The molecule has 0 spiro atoms. The van der Waals surface area contributed by atoms with Crippen molar-refractivity contribution >= 4 is 28.2 Å². The number of carbonyl (C=O) groups is 2. The fourth-order valence-corrected chi connectivity index (χ4v) is 2.31. The number of fused-ring (bicyclic) bond motifs is 1. The van der Waals surface area contributed by atoms with Crippen LogP contribution in [0.25, 0.3) is 4.96 Å². The molecule has 1 amide bonds. The van der Waals surface area contributed by atoms with Crippen molar-refractivity contribution in [2.75, 3.05) is 7.05 Å². The van der Waals surface area contributed by atoms with Gasteiger partial charge in [0.05, 0.1) is 12.1 Å². The molecule has 102 valence electrons. The van der Waals surface area contributed by atoms with E-state index in [1.165, 1.54) is 37.1 Å². The van der Waals surface area contributed by atoms with Gasteiger partial charge in [-0.3, -0.25) is 9.20 Å². The molecule has 0 aliphatic heterocycles. The van der Waals surface area contributed by atoms with Crippen LogP contribution in [0.3, 0.4) is 0 Å². The van der Waals surface area contributed by atoms with Crippen LogP contribution in [0.4, 0.5) is 0 Å². The van der Waals surface area contributed by atoms with E-state index >= 15 is 0 Å². The maximum Gasteiger partial charge on any atom is 0.329 e. The number of carboxylic acid groups (broad SMARTS) is 1. The number of hydrogen-bond donors (Lipinski definition) is 1. The van der Waals surface area contributed by atoms with Crippen LogP contribution >= 0.6 is 11.3 Å². The molecular weight excluding hydrogens is 266 g/mol. The van der Waals surface area contributed by atoms with E-state index in [1.807, 2.05) is 16.0 Å². The molecule has 19 heavy (non-hydrogen) atoms. The molecule has 0 bridgehead atoms. The van der Waals surface area contributed by atoms with Crippen molar-refractivity contribution in [3.05, 3.63) is 23.5 Å². The van der Waals surface area contributed by atoms with E-state index in [0.717, 1.165) is 4.96 Å². The zero-order valence-corrected chi connectivity index (χ0v) is 11.8. The zero-order chi connectivity index (χ0) is 14.2. The number of thiazole rings is 1. The number of aromatic nitrogens is 2. The Hall–Kier alpha value is -1.89. The van der Waals surface area contributed by atoms with Crippen molar-refractivity contribution in [3.63, 3.8) is 0 Å². The molecule has 2 heterocycles. The Balaban J connectivity index is 2.13. The van der Waals surface area contributed by atoms with E-state index in [9.17, 15) is 9.59 Å². The summed E-state index contributed by atoms with van der Waals surface area (Å²) in [6.07, 6.45) is 3.75. The number of carbonyl (C=O) groups excluding carboxylic acids is 1. The molecule has 2 aromatic rings. The first-order valence-electron chi connectivity index (χ1n) is 5.73. The van der Waals surface area contributed by atoms with Crippen LogP contribution in [0.5, 0.6) is 0 Å². The van der Waals surface area contributed by atoms with Gasteiger partial charge in [-0.05, 0) is 13.8 Å². The molecule has 0 fully saturated rings. The van der Waals surface area contributed by atoms with Crippen molar-refractivity contribution in [2.45, 2.75) is 25.8 Å². The SMILES string of the molecule is CN(C(=O)Cc1cn2ccsc2n1)C(C)(C)C(=O)O. The van der Waals surface area contributed by atoms with Crippen molar-refractivity contribution in [1.82, 2.24) is 14.3 Å². The monoisotopic (exact) mass is 281 g/mol. The minimum absolute atomic E-state index is 0.0988. The molecule has 2 rings (SSSR count). The van der Waals surface area contributed by atoms with Gasteiger partial charge in [-0.25, -0.2) is 9.78 Å². The van der Waals surface area contributed by atoms with Gasteiger partial charge >= 0.3 is 5.97 Å². The summed E-state index contributed by atoms with van der Waals surface area (Å²) in [5.74, 6) is -1.30. The predicted molar refractivity (Wildman–Crippen MR) is 71.3 cm³/mol. The Morgan fingerprint density at radius 3 is 2.79 bits per heavy atom. The van der Waals surface area contributed by atoms with E-state index in [4.69, 9.17) is 5.11 Å². The van der Waals surface area contributed by atoms with Gasteiger partial charge in [0.1, 0.15) is 5.54 Å². The van der Waals surface area contributed by atoms with Crippen LogP contribution < -0.4 is 0 Å². The van der Waals surface area contributed by atoms with Gasteiger partial charge in [-0.1, -0.05) is 0 Å². The lowest BCUT2D eigenvalue weighted by Gasteiger charge is -2.31. The molecule has 6 nitrogen and oxygen atoms in total. The summed E-state index contributed by atoms with van der Waals surface area (Å²) in [6.45, 7) is 3.00. The van der Waals surface area contributed by atoms with Crippen LogP contribution in [0.15, 0.2) is 17.8 Å². The average molecular weight is 281 g/mol. The van der Waals surface area contributed by atoms with Crippen LogP contribution in [-0.4, -0.2) is 43.9 Å². The highest BCUT2D eigenvalue weighted by molar-refractivity contribution is 7.15. The molecule has 0 radical (unpaired) electrons. The van der Waals surface area contributed by atoms with Gasteiger partial charge in [-0.2, -0.15) is 0 Å². The Labute approximate surface area is 114 Å². The van der Waals surface area contributed by atoms with E-state index < -0.39 is 11.5 Å². The summed E-state index contributed by atoms with van der Waals surface area (Å²) in [4.78, 5) is 29.6. The molecular formula is C12H15N3O3S. The Bertz CT molecular complexity index is 600. The van der Waals surface area contributed by atoms with E-state index in [2.05, 4.69) is 4.98 Å². The molecule has 0 aliphatic carbocycles. The number of hydrogen-bond acceptors (Lipinski definition) is 4. The van der Waals surface area contributed by atoms with Crippen molar-refractivity contribution in [3.8, 4) is 0 Å². The highest BCUT2D eigenvalue weighted by Gasteiger charge is 2.35. The predicted octanol–water partition coefficient (Wildman–Crippen LogP) is 1.26. The molecule has 1 N–H and O–H groups in total. The number of likely N-dealkylation sites (N-methyl/N-ethyl adjacent to an activating group) is 1. The van der Waals surface area contributed by atoms with E-state index in [0.29, 0.717) is 5.69 Å². The van der Waals surface area contributed by atoms with Gasteiger partial charge in [0.15, 0.2) is 4.96 Å². The third-order valence-electron chi connectivity index (χ3n) is 3.21. The first-order valence-corrected chi connectivity index (χ1v) is 6.61. The first kappa shape index (κ1) is 13.5. The van der Waals surface area contributed by atoms with Crippen molar-refractivity contribution in [2.24, 2.45) is 0 Å². The second kappa shape index (κ2) is 4.65. The quantitative estimate of drug-likeness (QED) is 0.915. The summed E-state index contributed by atoms with van der Waals surface area (Å²) in [5, 5.41) is 11.0. The van der Waals surface area contributed by atoms with Gasteiger partial charge in [-0.15, -0.1) is 11.3 Å². The molecule has 0 unspecified atom stereocenters. The Morgan fingerprint density at radius 1 is 1.53 bits per heavy atom. The molecule has 0 aromatic carbocycles. The van der Waals surface area contributed by atoms with Crippen LogP contribution in [0, 0.1) is 0 Å². The Kier molecular flexibility index (Phi) is 3.32. The van der Waals surface area contributed by atoms with E-state index in [-0.39, 0.29) is 12.3 Å². The fourth-order valence-electron chi connectivity index (χ4n) is 1.59. The maximum absolute atomic E-state index is 12.1. The molecule has 0 aliphatic rings. The minimum Gasteiger partial charge on any atom is -0.480 e. The normalized spacial score (nSPS) is 11.7. The molecule has 0 saturated carbocycles. The maximum atomic E-state index is 12.1. The third kappa shape index (κ3) is 2.46. The smallest absolute Gasteiger partial charge is 0.329 e. The summed E-state index contributed by atoms with van der Waals surface area (Å²) in [7, 11) is 1.49. The number of rotatable bonds is 4. The fraction of sp³-hybridized carbons (Fsp3) is 0.417. The third-order valence-corrected chi connectivity index (χ3v) is 3.98. The second-order valence-corrected chi connectivity index (χ2v) is 5.69. The minimum atomic E-state index is -1.23. The number of aliphatic carboxylic acids is 1. The summed E-state index contributed by atoms with van der Waals surface area (Å²) >= 11 is 1.49. The number of carboxylic acids is 1. The van der Waals surface area contributed by atoms with Crippen LogP contribution in [0.1, 0.15) is 19.5 Å². The highest BCUT2D eigenvalue weighted by Crippen LogP contribution is 2.16. The largest absolute Gasteiger partial charge is 0.480 e. The van der Waals surface area contributed by atoms with Gasteiger partial charge < -0.3 is 10.0 Å². The van der Waals surface area contributed by atoms with Crippen LogP contribution in [-0.2, 0) is 16.0 Å². The number of imidazole rings is 1. The summed E-state index contributed by atoms with van der Waals surface area (Å²) in [6, 6.07) is 0. The molecule has 7 heteroatoms. The standard InChI is InChI=1S/C12H15N3O3S/c1-12(2,10(17)18)14(3)9(16)6-8-7-15-4-5-19-11(15)13-8/h4-5,7H,6H2,1-3H3,(H,17,18). The summed E-state index contributed by atoms with van der Waals surface area (Å²) < 4.78 is 1.84. The molecule has 0 atom stereocenters. The van der Waals surface area contributed by atoms with E-state index in [1.54, 1.807) is 6.20 Å². The summed E-state index contributed by atoms with van der Waals surface area (Å²) in [5.41, 5.74) is -0.585. The van der Waals surface area contributed by atoms with Gasteiger partial charge in [0, 0.05) is 24.8 Å². The molecule has 0 saturated heterocycles. The highest BCUT2D eigenvalue weighted by atomic mass is 32.1. The number of amides is 1. The topological polar surface area (TPSA) is 74.9 Å². The lowest BCUT2D eigenvalue weighted by molar-refractivity contribution is -0.155. The van der Waals surface area contributed by atoms with Crippen molar-refractivity contribution in [1.29, 1.82) is 0 Å². The second-order valence-electron chi connectivity index (χ2n) is 4.82. The zero-order valence-electron chi connectivity index (χ0n) is 11.0. The molecule has 2 aromatic heterocycles. The lowest BCUT2D eigenvalue weighted by atomic mass is 10.0. The average Bonchev–Trinajstić information content (AvgIpc) is 2.87. The first-order chi connectivity index (χ1) is 8.82. The lowest BCUT2D eigenvalue weighted by Crippen LogP contribution is -2.51. The van der Waals surface area contributed by atoms with Crippen LogP contribution in [0.2, 0.25) is 0 Å². The van der Waals surface area contributed by atoms with Gasteiger partial charge in [0.25, 0.3) is 0 Å². The van der Waals surface area contributed by atoms with Gasteiger partial charge in [0.2, 0.25) is 5.91 Å². The van der Waals surface area contributed by atoms with Crippen molar-refractivity contribution < 1.29 is 14.7 Å². The number of nitrogens with zero attached hydrogens (tertiary/aromatic N) is 3. The Morgan fingerprint density at radius 2 is 2.21 bits per heavy atom.